The van der Waals surface area contributed by atoms with Crippen LogP contribution < -0.4 is 0 Å². The first kappa shape index (κ1) is 11.2. The molecule has 0 aromatic rings. The Kier molecular flexibility index (Phi) is 3.99. The van der Waals surface area contributed by atoms with Gasteiger partial charge >= 0.3 is 6.03 Å². The van der Waals surface area contributed by atoms with E-state index in [0.29, 0.717) is 0 Å². The van der Waals surface area contributed by atoms with E-state index in [4.69, 9.17) is 0 Å². The van der Waals surface area contributed by atoms with Crippen LogP contribution in [0.1, 0.15) is 0 Å². The molecular formula is C7H18N4O. The van der Waals surface area contributed by atoms with Crippen LogP contribution in [0.3, 0.4) is 0 Å². The first-order chi connectivity index (χ1) is 5.37. The summed E-state index contributed by atoms with van der Waals surface area (Å²) in [5, 5.41) is 6.50. The number of urea groups is 1. The van der Waals surface area contributed by atoms with Crippen molar-refractivity contribution in [2.24, 2.45) is 0 Å². The molecule has 0 bridgehead atoms. The van der Waals surface area contributed by atoms with Crippen LogP contribution in [0, 0.1) is 0 Å². The lowest BCUT2D eigenvalue weighted by Gasteiger charge is -2.32. The lowest BCUT2D eigenvalue weighted by atomic mass is 10.8. The Morgan fingerprint density at radius 2 is 1.00 bits per heavy atom. The van der Waals surface area contributed by atoms with E-state index in [2.05, 4.69) is 0 Å². The van der Waals surface area contributed by atoms with Crippen molar-refractivity contribution >= 4 is 6.03 Å². The van der Waals surface area contributed by atoms with Gasteiger partial charge in [-0.2, -0.15) is 0 Å². The van der Waals surface area contributed by atoms with Gasteiger partial charge in [0.1, 0.15) is 0 Å². The van der Waals surface area contributed by atoms with E-state index in [9.17, 15) is 4.79 Å². The highest BCUT2D eigenvalue weighted by atomic mass is 16.2. The minimum absolute atomic E-state index is 0.0648. The normalized spacial score (nSPS) is 10.7. The van der Waals surface area contributed by atoms with Crippen molar-refractivity contribution in [1.29, 1.82) is 0 Å². The van der Waals surface area contributed by atoms with E-state index in [-0.39, 0.29) is 6.03 Å². The Morgan fingerprint density at radius 3 is 1.17 bits per heavy atom. The van der Waals surface area contributed by atoms with Gasteiger partial charge in [-0.15, -0.1) is 0 Å². The van der Waals surface area contributed by atoms with E-state index >= 15 is 0 Å². The van der Waals surface area contributed by atoms with Crippen LogP contribution in [0.2, 0.25) is 0 Å². The molecule has 5 heteroatoms. The van der Waals surface area contributed by atoms with Crippen LogP contribution in [0.25, 0.3) is 0 Å². The third kappa shape index (κ3) is 2.67. The molecule has 0 N–H and O–H groups in total. The van der Waals surface area contributed by atoms with Crippen molar-refractivity contribution < 1.29 is 4.79 Å². The van der Waals surface area contributed by atoms with E-state index in [1.165, 1.54) is 10.0 Å². The molecule has 0 aromatic heterocycles. The van der Waals surface area contributed by atoms with Crippen LogP contribution in [-0.4, -0.2) is 68.4 Å². The average molecular weight is 174 g/mol. The van der Waals surface area contributed by atoms with Gasteiger partial charge in [-0.3, -0.25) is 10.0 Å². The molecule has 2 amide bonds. The average Bonchev–Trinajstić information content (AvgIpc) is 2.00. The quantitative estimate of drug-likeness (QED) is 0.549. The first-order valence-electron chi connectivity index (χ1n) is 3.73. The maximum absolute atomic E-state index is 11.5. The van der Waals surface area contributed by atoms with Gasteiger partial charge in [0, 0.05) is 42.3 Å². The van der Waals surface area contributed by atoms with Crippen molar-refractivity contribution in [1.82, 2.24) is 20.0 Å². The second-order valence-corrected chi connectivity index (χ2v) is 3.02. The second kappa shape index (κ2) is 4.27. The summed E-state index contributed by atoms with van der Waals surface area (Å²) in [7, 11) is 10.7. The summed E-state index contributed by atoms with van der Waals surface area (Å²) in [6.45, 7) is 0. The Hall–Kier alpha value is -0.810. The van der Waals surface area contributed by atoms with Gasteiger partial charge in [0.25, 0.3) is 0 Å². The van der Waals surface area contributed by atoms with Gasteiger partial charge in [0.05, 0.1) is 0 Å². The molecule has 0 aliphatic rings. The maximum atomic E-state index is 11.5. The topological polar surface area (TPSA) is 30.0 Å². The van der Waals surface area contributed by atoms with Crippen LogP contribution >= 0.6 is 0 Å². The fourth-order valence-electron chi connectivity index (χ4n) is 0.552. The molecule has 0 rings (SSSR count). The molecule has 0 aromatic carbocycles. The summed E-state index contributed by atoms with van der Waals surface area (Å²) in [6, 6.07) is -0.0648. The zero-order chi connectivity index (χ0) is 9.89. The smallest absolute Gasteiger partial charge is 0.260 e. The summed E-state index contributed by atoms with van der Waals surface area (Å²) < 4.78 is 0. The predicted molar refractivity (Wildman–Crippen MR) is 48.3 cm³/mol. The number of hydrogen-bond acceptors (Lipinski definition) is 3. The summed E-state index contributed by atoms with van der Waals surface area (Å²) in [6.07, 6.45) is 0. The van der Waals surface area contributed by atoms with E-state index in [1.807, 2.05) is 28.2 Å². The zero-order valence-corrected chi connectivity index (χ0v) is 8.70. The third-order valence-electron chi connectivity index (χ3n) is 1.75. The van der Waals surface area contributed by atoms with Gasteiger partial charge in [0.15, 0.2) is 0 Å². The number of hydrogen-bond donors (Lipinski definition) is 0. The molecule has 72 valence electrons. The summed E-state index contributed by atoms with van der Waals surface area (Å²) in [5.41, 5.74) is 0. The fraction of sp³-hybridized carbons (Fsp3) is 0.857. The number of rotatable bonds is 2. The molecule has 0 aliphatic heterocycles. The number of carbonyl (C=O) groups excluding carboxylic acids is 1. The molecule has 0 unspecified atom stereocenters. The van der Waals surface area contributed by atoms with Gasteiger partial charge in [-0.25, -0.2) is 14.8 Å². The molecule has 0 spiro atoms. The lowest BCUT2D eigenvalue weighted by molar-refractivity contribution is 0.0152. The molecule has 0 saturated heterocycles. The molecule has 0 radical (unpaired) electrons. The summed E-state index contributed by atoms with van der Waals surface area (Å²) >= 11 is 0. The highest BCUT2D eigenvalue weighted by Gasteiger charge is 2.16. The van der Waals surface area contributed by atoms with Crippen molar-refractivity contribution in [2.75, 3.05) is 42.3 Å². The summed E-state index contributed by atoms with van der Waals surface area (Å²) in [5.74, 6) is 0. The fourth-order valence-corrected chi connectivity index (χ4v) is 0.552. The van der Waals surface area contributed by atoms with E-state index in [0.717, 1.165) is 0 Å². The molecule has 5 nitrogen and oxygen atoms in total. The largest absolute Gasteiger partial charge is 0.348 e. The zero-order valence-electron chi connectivity index (χ0n) is 8.70. The van der Waals surface area contributed by atoms with Gasteiger partial charge in [-0.1, -0.05) is 0 Å². The Balaban J connectivity index is 4.19. The van der Waals surface area contributed by atoms with Crippen LogP contribution in [0.4, 0.5) is 4.79 Å². The van der Waals surface area contributed by atoms with Crippen molar-refractivity contribution in [3.8, 4) is 0 Å². The van der Waals surface area contributed by atoms with Gasteiger partial charge in [0.2, 0.25) is 0 Å². The standard InChI is InChI=1S/C7H18N4O/c1-8(2)10(5)7(12)11(6)9(3)4/h1-6H3. The SMILES string of the molecule is CN(C)N(C)C(=O)N(C)N(C)C. The van der Waals surface area contributed by atoms with Crippen LogP contribution in [0.15, 0.2) is 0 Å². The molecule has 12 heavy (non-hydrogen) atoms. The van der Waals surface area contributed by atoms with Crippen molar-refractivity contribution in [2.45, 2.75) is 0 Å². The molecule has 0 atom stereocenters. The van der Waals surface area contributed by atoms with Crippen LogP contribution in [-0.2, 0) is 0 Å². The minimum atomic E-state index is -0.0648. The van der Waals surface area contributed by atoms with Crippen LogP contribution in [0.5, 0.6) is 0 Å². The van der Waals surface area contributed by atoms with Crippen molar-refractivity contribution in [3.05, 3.63) is 0 Å². The monoisotopic (exact) mass is 174 g/mol. The highest BCUT2D eigenvalue weighted by Crippen LogP contribution is 1.96. The number of nitrogens with zero attached hydrogens (tertiary/aromatic N) is 4. The maximum Gasteiger partial charge on any atom is 0.348 e. The molecule has 0 saturated carbocycles. The van der Waals surface area contributed by atoms with Crippen molar-refractivity contribution in [3.63, 3.8) is 0 Å². The second-order valence-electron chi connectivity index (χ2n) is 3.02. The predicted octanol–water partition coefficient (Wildman–Crippen LogP) is -0.0768. The summed E-state index contributed by atoms with van der Waals surface area (Å²) in [4.78, 5) is 11.5. The number of carbonyl (C=O) groups is 1. The Bertz CT molecular complexity index is 141. The molecule has 0 fully saturated rings. The van der Waals surface area contributed by atoms with E-state index < -0.39 is 0 Å². The number of hydrazine groups is 2. The highest BCUT2D eigenvalue weighted by molar-refractivity contribution is 5.72. The third-order valence-corrected chi connectivity index (χ3v) is 1.75. The van der Waals surface area contributed by atoms with Gasteiger partial charge < -0.3 is 0 Å². The minimum Gasteiger partial charge on any atom is -0.260 e. The molecule has 0 aliphatic carbocycles. The molecule has 0 heterocycles. The Morgan fingerprint density at radius 1 is 0.750 bits per heavy atom. The first-order valence-corrected chi connectivity index (χ1v) is 3.73. The lowest BCUT2D eigenvalue weighted by Crippen LogP contribution is -2.50. The van der Waals surface area contributed by atoms with Gasteiger partial charge in [-0.05, 0) is 0 Å². The van der Waals surface area contributed by atoms with E-state index in [1.54, 1.807) is 24.1 Å². The number of amides is 2. The Labute approximate surface area is 74.1 Å². The molecular weight excluding hydrogens is 156 g/mol.